The Morgan fingerprint density at radius 2 is 2.00 bits per heavy atom. The Kier molecular flexibility index (Phi) is 4.55. The quantitative estimate of drug-likeness (QED) is 0.811. The summed E-state index contributed by atoms with van der Waals surface area (Å²) in [7, 11) is 0. The Morgan fingerprint density at radius 3 is 2.69 bits per heavy atom. The highest BCUT2D eigenvalue weighted by molar-refractivity contribution is 6.29. The lowest BCUT2D eigenvalue weighted by molar-refractivity contribution is 0.0718. The number of nitrogens with zero attached hydrogens (tertiary/aromatic N) is 2. The number of ether oxygens (including phenoxy) is 1. The molecule has 1 aliphatic rings. The monoisotopic (exact) mass is 240 g/mol. The van der Waals surface area contributed by atoms with Crippen LogP contribution in [-0.4, -0.2) is 16.6 Å². The van der Waals surface area contributed by atoms with Crippen molar-refractivity contribution >= 4 is 11.6 Å². The van der Waals surface area contributed by atoms with Gasteiger partial charge in [-0.1, -0.05) is 30.9 Å². The normalized spacial score (nSPS) is 17.6. The minimum atomic E-state index is 0.427. The molecule has 0 atom stereocenters. The average molecular weight is 241 g/mol. The third-order valence-corrected chi connectivity index (χ3v) is 3.20. The second-order valence-corrected chi connectivity index (χ2v) is 4.74. The van der Waals surface area contributed by atoms with E-state index in [-0.39, 0.29) is 0 Å². The molecular weight excluding hydrogens is 224 g/mol. The molecule has 0 N–H and O–H groups in total. The average Bonchev–Trinajstić information content (AvgIpc) is 2.33. The highest BCUT2D eigenvalue weighted by atomic mass is 35.5. The molecule has 2 rings (SSSR count). The maximum absolute atomic E-state index is 5.65. The zero-order valence-corrected chi connectivity index (χ0v) is 10.1. The smallest absolute Gasteiger partial charge is 0.147 e. The summed E-state index contributed by atoms with van der Waals surface area (Å²) in [6.45, 7) is 1.39. The highest BCUT2D eigenvalue weighted by Crippen LogP contribution is 2.23. The molecule has 16 heavy (non-hydrogen) atoms. The first-order valence-electron chi connectivity index (χ1n) is 5.89. The molecule has 0 amide bonds. The Balaban J connectivity index is 1.69. The van der Waals surface area contributed by atoms with Gasteiger partial charge in [0.05, 0.1) is 24.7 Å². The summed E-state index contributed by atoms with van der Waals surface area (Å²) < 4.78 is 5.65. The molecular formula is C12H17ClN2O. The third-order valence-electron chi connectivity index (χ3n) is 3.00. The van der Waals surface area contributed by atoms with E-state index in [1.54, 1.807) is 12.4 Å². The number of hydrogen-bond acceptors (Lipinski definition) is 3. The first-order valence-corrected chi connectivity index (χ1v) is 6.26. The molecule has 1 aliphatic carbocycles. The zero-order chi connectivity index (χ0) is 11.2. The summed E-state index contributed by atoms with van der Waals surface area (Å²) in [5.74, 6) is 0.744. The van der Waals surface area contributed by atoms with Gasteiger partial charge in [-0.25, -0.2) is 4.98 Å². The molecule has 0 bridgehead atoms. The van der Waals surface area contributed by atoms with E-state index in [9.17, 15) is 0 Å². The molecule has 0 saturated heterocycles. The maximum atomic E-state index is 5.65. The fourth-order valence-electron chi connectivity index (χ4n) is 2.10. The van der Waals surface area contributed by atoms with Gasteiger partial charge in [-0.15, -0.1) is 0 Å². The van der Waals surface area contributed by atoms with Crippen molar-refractivity contribution in [3.05, 3.63) is 23.2 Å². The van der Waals surface area contributed by atoms with Gasteiger partial charge < -0.3 is 4.74 Å². The molecule has 0 aromatic carbocycles. The van der Waals surface area contributed by atoms with Gasteiger partial charge in [0.15, 0.2) is 0 Å². The third kappa shape index (κ3) is 3.72. The Labute approximate surface area is 101 Å². The van der Waals surface area contributed by atoms with Crippen molar-refractivity contribution in [2.45, 2.75) is 38.7 Å². The van der Waals surface area contributed by atoms with Crippen molar-refractivity contribution in [3.63, 3.8) is 0 Å². The van der Waals surface area contributed by atoms with Gasteiger partial charge in [-0.3, -0.25) is 4.98 Å². The number of hydrogen-bond donors (Lipinski definition) is 0. The van der Waals surface area contributed by atoms with Crippen LogP contribution in [0.1, 0.15) is 37.8 Å². The van der Waals surface area contributed by atoms with E-state index in [4.69, 9.17) is 16.3 Å². The minimum absolute atomic E-state index is 0.427. The van der Waals surface area contributed by atoms with Gasteiger partial charge in [0.1, 0.15) is 5.15 Å². The molecule has 0 radical (unpaired) electrons. The second kappa shape index (κ2) is 6.16. The van der Waals surface area contributed by atoms with Gasteiger partial charge >= 0.3 is 0 Å². The predicted molar refractivity (Wildman–Crippen MR) is 63.3 cm³/mol. The Hall–Kier alpha value is -0.670. The Morgan fingerprint density at radius 1 is 1.19 bits per heavy atom. The predicted octanol–water partition coefficient (Wildman–Crippen LogP) is 3.23. The molecule has 88 valence electrons. The van der Waals surface area contributed by atoms with Crippen molar-refractivity contribution in [1.82, 2.24) is 9.97 Å². The molecule has 1 aromatic heterocycles. The summed E-state index contributed by atoms with van der Waals surface area (Å²) in [4.78, 5) is 8.11. The van der Waals surface area contributed by atoms with Crippen LogP contribution >= 0.6 is 11.6 Å². The molecule has 0 spiro atoms. The van der Waals surface area contributed by atoms with Crippen LogP contribution in [0.4, 0.5) is 0 Å². The summed E-state index contributed by atoms with van der Waals surface area (Å²) >= 11 is 5.65. The first kappa shape index (κ1) is 11.8. The lowest BCUT2D eigenvalue weighted by atomic mass is 9.90. The van der Waals surface area contributed by atoms with Gasteiger partial charge in [-0.2, -0.15) is 0 Å². The zero-order valence-electron chi connectivity index (χ0n) is 9.36. The molecule has 4 heteroatoms. The van der Waals surface area contributed by atoms with Gasteiger partial charge in [0.25, 0.3) is 0 Å². The van der Waals surface area contributed by atoms with E-state index >= 15 is 0 Å². The van der Waals surface area contributed by atoms with Crippen LogP contribution in [0.2, 0.25) is 5.15 Å². The molecule has 1 saturated carbocycles. The van der Waals surface area contributed by atoms with Gasteiger partial charge in [-0.05, 0) is 18.8 Å². The summed E-state index contributed by atoms with van der Waals surface area (Å²) in [6, 6.07) is 0. The molecule has 3 nitrogen and oxygen atoms in total. The summed E-state index contributed by atoms with van der Waals surface area (Å²) in [5.41, 5.74) is 0.847. The number of rotatable bonds is 4. The number of aromatic nitrogens is 2. The van der Waals surface area contributed by atoms with E-state index < -0.39 is 0 Å². The van der Waals surface area contributed by atoms with E-state index in [1.807, 2.05) is 0 Å². The van der Waals surface area contributed by atoms with Gasteiger partial charge in [0, 0.05) is 6.61 Å². The van der Waals surface area contributed by atoms with Crippen molar-refractivity contribution in [3.8, 4) is 0 Å². The topological polar surface area (TPSA) is 35.0 Å². The van der Waals surface area contributed by atoms with Gasteiger partial charge in [0.2, 0.25) is 0 Å². The molecule has 1 aromatic rings. The van der Waals surface area contributed by atoms with Crippen molar-refractivity contribution in [1.29, 1.82) is 0 Å². The lowest BCUT2D eigenvalue weighted by Gasteiger charge is -2.21. The van der Waals surface area contributed by atoms with E-state index in [1.165, 1.54) is 32.1 Å². The van der Waals surface area contributed by atoms with Crippen molar-refractivity contribution < 1.29 is 4.74 Å². The van der Waals surface area contributed by atoms with Crippen LogP contribution in [0.25, 0.3) is 0 Å². The minimum Gasteiger partial charge on any atom is -0.375 e. The second-order valence-electron chi connectivity index (χ2n) is 4.35. The fourth-order valence-corrected chi connectivity index (χ4v) is 2.20. The lowest BCUT2D eigenvalue weighted by Crippen LogP contribution is -2.13. The fraction of sp³-hybridized carbons (Fsp3) is 0.667. The SMILES string of the molecule is Clc1cnc(COCC2CCCCC2)cn1. The summed E-state index contributed by atoms with van der Waals surface area (Å²) in [6.07, 6.45) is 9.95. The molecule has 1 heterocycles. The van der Waals surface area contributed by atoms with Crippen LogP contribution in [0, 0.1) is 5.92 Å². The maximum Gasteiger partial charge on any atom is 0.147 e. The molecule has 0 aliphatic heterocycles. The van der Waals surface area contributed by atoms with E-state index in [0.29, 0.717) is 11.8 Å². The summed E-state index contributed by atoms with van der Waals surface area (Å²) in [5, 5.41) is 0.427. The van der Waals surface area contributed by atoms with Crippen LogP contribution in [0.15, 0.2) is 12.4 Å². The molecule has 1 fully saturated rings. The van der Waals surface area contributed by atoms with E-state index in [2.05, 4.69) is 9.97 Å². The van der Waals surface area contributed by atoms with Crippen LogP contribution in [0.3, 0.4) is 0 Å². The first-order chi connectivity index (χ1) is 7.84. The van der Waals surface area contributed by atoms with Crippen molar-refractivity contribution in [2.75, 3.05) is 6.61 Å². The van der Waals surface area contributed by atoms with E-state index in [0.717, 1.165) is 18.2 Å². The van der Waals surface area contributed by atoms with Crippen molar-refractivity contribution in [2.24, 2.45) is 5.92 Å². The highest BCUT2D eigenvalue weighted by Gasteiger charge is 2.13. The largest absolute Gasteiger partial charge is 0.375 e. The standard InChI is InChI=1S/C12H17ClN2O/c13-12-7-14-11(6-15-12)9-16-8-10-4-2-1-3-5-10/h6-7,10H,1-5,8-9H2. The van der Waals surface area contributed by atoms with Crippen LogP contribution < -0.4 is 0 Å². The Bertz CT molecular complexity index is 309. The number of halogens is 1. The molecule has 0 unspecified atom stereocenters. The van der Waals surface area contributed by atoms with Crippen LogP contribution in [-0.2, 0) is 11.3 Å². The van der Waals surface area contributed by atoms with Crippen LogP contribution in [0.5, 0.6) is 0 Å².